The minimum Gasteiger partial charge on any atom is -0.270 e. The largest absolute Gasteiger partial charge is 0.343 e. The van der Waals surface area contributed by atoms with Crippen LogP contribution in [0.15, 0.2) is 9.95 Å². The summed E-state index contributed by atoms with van der Waals surface area (Å²) < 4.78 is 1.65. The van der Waals surface area contributed by atoms with Crippen LogP contribution in [0.3, 0.4) is 0 Å². The molecule has 0 fully saturated rings. The van der Waals surface area contributed by atoms with Crippen LogP contribution < -0.4 is 5.69 Å². The van der Waals surface area contributed by atoms with Crippen LogP contribution in [0.5, 0.6) is 0 Å². The topological polar surface area (TPSA) is 50.7 Å². The van der Waals surface area contributed by atoms with E-state index in [1.807, 2.05) is 6.92 Å². The number of rotatable bonds is 6. The molecular formula is C8H14BrN3OS. The van der Waals surface area contributed by atoms with Gasteiger partial charge in [-0.25, -0.2) is 9.89 Å². The van der Waals surface area contributed by atoms with Gasteiger partial charge in [0, 0.05) is 17.6 Å². The van der Waals surface area contributed by atoms with Crippen molar-refractivity contribution in [1.29, 1.82) is 0 Å². The smallest absolute Gasteiger partial charge is 0.270 e. The Morgan fingerprint density at radius 2 is 2.36 bits per heavy atom. The van der Waals surface area contributed by atoms with Gasteiger partial charge in [0.05, 0.1) is 0 Å². The van der Waals surface area contributed by atoms with Crippen molar-refractivity contribution in [1.82, 2.24) is 14.8 Å². The summed E-state index contributed by atoms with van der Waals surface area (Å²) in [4.78, 5) is 11.2. The molecular weight excluding hydrogens is 266 g/mol. The van der Waals surface area contributed by atoms with Crippen molar-refractivity contribution in [3.05, 3.63) is 10.5 Å². The first-order valence-corrected chi connectivity index (χ1v) is 6.74. The number of H-pyrrole nitrogens is 1. The predicted molar refractivity (Wildman–Crippen MR) is 62.3 cm³/mol. The van der Waals surface area contributed by atoms with Gasteiger partial charge < -0.3 is 0 Å². The SMILES string of the molecule is CCn1c(SCCCCBr)n[nH]c1=O. The summed E-state index contributed by atoms with van der Waals surface area (Å²) in [5.74, 6) is 1.01. The first-order chi connectivity index (χ1) is 6.79. The number of hydrogen-bond acceptors (Lipinski definition) is 3. The third-order valence-electron chi connectivity index (χ3n) is 1.80. The second-order valence-corrected chi connectivity index (χ2v) is 4.66. The van der Waals surface area contributed by atoms with Crippen LogP contribution in [0.4, 0.5) is 0 Å². The molecule has 0 saturated carbocycles. The Morgan fingerprint density at radius 1 is 1.57 bits per heavy atom. The monoisotopic (exact) mass is 279 g/mol. The molecule has 1 rings (SSSR count). The molecule has 1 heterocycles. The van der Waals surface area contributed by atoms with Crippen molar-refractivity contribution in [3.8, 4) is 0 Å². The third kappa shape index (κ3) is 3.16. The van der Waals surface area contributed by atoms with E-state index in [2.05, 4.69) is 26.1 Å². The summed E-state index contributed by atoms with van der Waals surface area (Å²) in [6, 6.07) is 0. The van der Waals surface area contributed by atoms with Gasteiger partial charge in [0.15, 0.2) is 5.16 Å². The predicted octanol–water partition coefficient (Wildman–Crippen LogP) is 1.86. The molecule has 4 nitrogen and oxygen atoms in total. The van der Waals surface area contributed by atoms with Gasteiger partial charge in [-0.2, -0.15) is 0 Å². The maximum absolute atomic E-state index is 11.2. The third-order valence-corrected chi connectivity index (χ3v) is 3.42. The molecule has 0 unspecified atom stereocenters. The number of alkyl halides is 1. The zero-order valence-corrected chi connectivity index (χ0v) is 10.5. The molecule has 0 spiro atoms. The van der Waals surface area contributed by atoms with Gasteiger partial charge in [-0.05, 0) is 19.8 Å². The highest BCUT2D eigenvalue weighted by Crippen LogP contribution is 2.14. The van der Waals surface area contributed by atoms with Crippen molar-refractivity contribution in [2.75, 3.05) is 11.1 Å². The van der Waals surface area contributed by atoms with E-state index in [1.54, 1.807) is 16.3 Å². The van der Waals surface area contributed by atoms with E-state index in [0.717, 1.165) is 29.1 Å². The number of thioether (sulfide) groups is 1. The highest BCUT2D eigenvalue weighted by molar-refractivity contribution is 9.09. The highest BCUT2D eigenvalue weighted by atomic mass is 79.9. The molecule has 0 bridgehead atoms. The maximum atomic E-state index is 11.2. The molecule has 0 saturated heterocycles. The highest BCUT2D eigenvalue weighted by Gasteiger charge is 2.05. The fourth-order valence-electron chi connectivity index (χ4n) is 1.05. The van der Waals surface area contributed by atoms with Crippen LogP contribution in [0.2, 0.25) is 0 Å². The molecule has 1 N–H and O–H groups in total. The summed E-state index contributed by atoms with van der Waals surface area (Å²) in [7, 11) is 0. The fraction of sp³-hybridized carbons (Fsp3) is 0.750. The zero-order chi connectivity index (χ0) is 10.4. The van der Waals surface area contributed by atoms with E-state index in [4.69, 9.17) is 0 Å². The average molecular weight is 280 g/mol. The molecule has 0 atom stereocenters. The number of aromatic nitrogens is 3. The number of nitrogens with zero attached hydrogens (tertiary/aromatic N) is 2. The number of aromatic amines is 1. The van der Waals surface area contributed by atoms with E-state index in [1.165, 1.54) is 0 Å². The first-order valence-electron chi connectivity index (χ1n) is 4.63. The van der Waals surface area contributed by atoms with Crippen LogP contribution in [0.25, 0.3) is 0 Å². The Morgan fingerprint density at radius 3 is 3.00 bits per heavy atom. The lowest BCUT2D eigenvalue weighted by Gasteiger charge is -2.00. The van der Waals surface area contributed by atoms with Gasteiger partial charge >= 0.3 is 5.69 Å². The minimum atomic E-state index is -0.115. The Bertz CT molecular complexity index is 323. The first kappa shape index (κ1) is 11.8. The summed E-state index contributed by atoms with van der Waals surface area (Å²) in [5.41, 5.74) is -0.115. The normalized spacial score (nSPS) is 10.7. The van der Waals surface area contributed by atoms with Crippen molar-refractivity contribution < 1.29 is 0 Å². The molecule has 0 aliphatic rings. The van der Waals surface area contributed by atoms with Crippen LogP contribution in [-0.4, -0.2) is 25.8 Å². The van der Waals surface area contributed by atoms with Crippen molar-refractivity contribution >= 4 is 27.7 Å². The molecule has 80 valence electrons. The number of unbranched alkanes of at least 4 members (excludes halogenated alkanes) is 1. The molecule has 14 heavy (non-hydrogen) atoms. The van der Waals surface area contributed by atoms with E-state index in [9.17, 15) is 4.79 Å². The van der Waals surface area contributed by atoms with E-state index >= 15 is 0 Å². The van der Waals surface area contributed by atoms with Gasteiger partial charge in [0.25, 0.3) is 0 Å². The lowest BCUT2D eigenvalue weighted by molar-refractivity contribution is 0.660. The number of hydrogen-bond donors (Lipinski definition) is 1. The molecule has 0 aliphatic carbocycles. The maximum Gasteiger partial charge on any atom is 0.343 e. The van der Waals surface area contributed by atoms with Crippen LogP contribution in [-0.2, 0) is 6.54 Å². The van der Waals surface area contributed by atoms with Crippen molar-refractivity contribution in [3.63, 3.8) is 0 Å². The fourth-order valence-corrected chi connectivity index (χ4v) is 2.46. The van der Waals surface area contributed by atoms with Gasteiger partial charge in [-0.3, -0.25) is 4.57 Å². The molecule has 1 aromatic rings. The summed E-state index contributed by atoms with van der Waals surface area (Å²) in [6.45, 7) is 2.62. The zero-order valence-electron chi connectivity index (χ0n) is 8.12. The Hall–Kier alpha value is -0.230. The molecule has 6 heteroatoms. The lowest BCUT2D eigenvalue weighted by Crippen LogP contribution is -2.16. The Labute approximate surface area is 95.6 Å². The second-order valence-electron chi connectivity index (χ2n) is 2.80. The van der Waals surface area contributed by atoms with Crippen molar-refractivity contribution in [2.24, 2.45) is 0 Å². The van der Waals surface area contributed by atoms with Crippen LogP contribution >= 0.6 is 27.7 Å². The Kier molecular flexibility index (Phi) is 5.32. The van der Waals surface area contributed by atoms with Crippen LogP contribution in [0, 0.1) is 0 Å². The molecule has 0 aliphatic heterocycles. The molecule has 0 amide bonds. The summed E-state index contributed by atoms with van der Waals surface area (Å²) in [5, 5.41) is 8.25. The Balaban J connectivity index is 2.46. The van der Waals surface area contributed by atoms with Crippen LogP contribution in [0.1, 0.15) is 19.8 Å². The van der Waals surface area contributed by atoms with Gasteiger partial charge in [-0.1, -0.05) is 27.7 Å². The van der Waals surface area contributed by atoms with Gasteiger partial charge in [0.2, 0.25) is 0 Å². The number of nitrogens with one attached hydrogen (secondary N) is 1. The van der Waals surface area contributed by atoms with Gasteiger partial charge in [-0.15, -0.1) is 5.10 Å². The molecule has 1 aromatic heterocycles. The molecule has 0 radical (unpaired) electrons. The standard InChI is InChI=1S/C8H14BrN3OS/c1-2-12-7(13)10-11-8(12)14-6-4-3-5-9/h2-6H2,1H3,(H,10,13). The van der Waals surface area contributed by atoms with E-state index in [0.29, 0.717) is 6.54 Å². The van der Waals surface area contributed by atoms with Gasteiger partial charge in [0.1, 0.15) is 0 Å². The second kappa shape index (κ2) is 6.29. The average Bonchev–Trinajstić information content (AvgIpc) is 2.54. The lowest BCUT2D eigenvalue weighted by atomic mass is 10.4. The molecule has 0 aromatic carbocycles. The minimum absolute atomic E-state index is 0.115. The summed E-state index contributed by atoms with van der Waals surface area (Å²) in [6.07, 6.45) is 2.30. The van der Waals surface area contributed by atoms with Crippen molar-refractivity contribution in [2.45, 2.75) is 31.5 Å². The summed E-state index contributed by atoms with van der Waals surface area (Å²) >= 11 is 5.01. The van der Waals surface area contributed by atoms with E-state index in [-0.39, 0.29) is 5.69 Å². The number of halogens is 1. The van der Waals surface area contributed by atoms with E-state index < -0.39 is 0 Å². The quantitative estimate of drug-likeness (QED) is 0.491.